The third kappa shape index (κ3) is 4.43. The highest BCUT2D eigenvalue weighted by Gasteiger charge is 2.11. The number of ether oxygens (including phenoxy) is 1. The molecule has 0 radical (unpaired) electrons. The van der Waals surface area contributed by atoms with Crippen molar-refractivity contribution < 1.29 is 9.53 Å². The van der Waals surface area contributed by atoms with Crippen molar-refractivity contribution in [3.8, 4) is 5.75 Å². The van der Waals surface area contributed by atoms with E-state index in [0.717, 1.165) is 0 Å². The first-order chi connectivity index (χ1) is 12.5. The highest BCUT2D eigenvalue weighted by molar-refractivity contribution is 7.99. The normalized spacial score (nSPS) is 10.9. The van der Waals surface area contributed by atoms with Gasteiger partial charge in [-0.2, -0.15) is 0 Å². The van der Waals surface area contributed by atoms with Gasteiger partial charge in [0.1, 0.15) is 5.75 Å². The van der Waals surface area contributed by atoms with E-state index in [9.17, 15) is 9.59 Å². The summed E-state index contributed by atoms with van der Waals surface area (Å²) in [6.07, 6.45) is 0.00861. The number of rotatable bonds is 6. The number of para-hydroxylation sites is 3. The van der Waals surface area contributed by atoms with Gasteiger partial charge in [-0.25, -0.2) is 4.98 Å². The Bertz CT molecular complexity index is 985. The summed E-state index contributed by atoms with van der Waals surface area (Å²) in [5, 5.41) is 3.77. The summed E-state index contributed by atoms with van der Waals surface area (Å²) >= 11 is 1.18. The number of anilines is 1. The number of benzene rings is 2. The Balaban J connectivity index is 1.67. The maximum absolute atomic E-state index is 12.3. The van der Waals surface area contributed by atoms with Crippen molar-refractivity contribution in [2.75, 3.05) is 11.1 Å². The predicted octanol–water partition coefficient (Wildman–Crippen LogP) is 3.44. The lowest BCUT2D eigenvalue weighted by Crippen LogP contribution is -2.17. The van der Waals surface area contributed by atoms with Crippen molar-refractivity contribution in [3.63, 3.8) is 0 Å². The summed E-state index contributed by atoms with van der Waals surface area (Å²) in [6, 6.07) is 14.4. The van der Waals surface area contributed by atoms with Crippen LogP contribution in [0.15, 0.2) is 58.5 Å². The van der Waals surface area contributed by atoms with Crippen molar-refractivity contribution in [1.29, 1.82) is 0 Å². The van der Waals surface area contributed by atoms with Crippen LogP contribution >= 0.6 is 11.8 Å². The molecule has 0 atom stereocenters. The summed E-state index contributed by atoms with van der Waals surface area (Å²) in [7, 11) is 0. The van der Waals surface area contributed by atoms with Gasteiger partial charge in [0, 0.05) is 0 Å². The number of H-pyrrole nitrogens is 1. The Morgan fingerprint density at radius 1 is 1.19 bits per heavy atom. The Hall–Kier alpha value is -2.80. The average Bonchev–Trinajstić information content (AvgIpc) is 2.61. The molecule has 0 aliphatic heterocycles. The van der Waals surface area contributed by atoms with Crippen molar-refractivity contribution in [3.05, 3.63) is 58.9 Å². The van der Waals surface area contributed by atoms with E-state index >= 15 is 0 Å². The molecule has 0 spiro atoms. The third-order valence-electron chi connectivity index (χ3n) is 3.45. The predicted molar refractivity (Wildman–Crippen MR) is 104 cm³/mol. The van der Waals surface area contributed by atoms with Crippen LogP contribution in [0.4, 0.5) is 5.69 Å². The fraction of sp³-hybridized carbons (Fsp3) is 0.211. The van der Waals surface area contributed by atoms with Gasteiger partial charge in [0.2, 0.25) is 5.91 Å². The van der Waals surface area contributed by atoms with Crippen molar-refractivity contribution in [1.82, 2.24) is 9.97 Å². The molecule has 26 heavy (non-hydrogen) atoms. The largest absolute Gasteiger partial charge is 0.489 e. The lowest BCUT2D eigenvalue weighted by atomic mass is 10.2. The molecule has 2 aromatic carbocycles. The maximum Gasteiger partial charge on any atom is 0.259 e. The maximum atomic E-state index is 12.3. The van der Waals surface area contributed by atoms with Gasteiger partial charge in [0.15, 0.2) is 5.16 Å². The van der Waals surface area contributed by atoms with Crippen LogP contribution in [0.5, 0.6) is 5.75 Å². The molecule has 0 aliphatic rings. The smallest absolute Gasteiger partial charge is 0.259 e. The van der Waals surface area contributed by atoms with Gasteiger partial charge in [-0.05, 0) is 38.1 Å². The molecule has 0 fully saturated rings. The molecule has 1 heterocycles. The lowest BCUT2D eigenvalue weighted by molar-refractivity contribution is -0.113. The number of carbonyl (C=O) groups excluding carboxylic acids is 1. The van der Waals surface area contributed by atoms with E-state index in [1.54, 1.807) is 24.3 Å². The van der Waals surface area contributed by atoms with E-state index in [4.69, 9.17) is 4.74 Å². The minimum atomic E-state index is -0.214. The lowest BCUT2D eigenvalue weighted by Gasteiger charge is -2.14. The molecule has 0 saturated carbocycles. The number of fused-ring (bicyclic) bond motifs is 1. The second-order valence-corrected chi connectivity index (χ2v) is 6.85. The summed E-state index contributed by atoms with van der Waals surface area (Å²) in [4.78, 5) is 31.4. The second kappa shape index (κ2) is 8.05. The molecule has 3 rings (SSSR count). The number of nitrogens with zero attached hydrogens (tertiary/aromatic N) is 1. The minimum Gasteiger partial charge on any atom is -0.489 e. The molecule has 0 unspecified atom stereocenters. The summed E-state index contributed by atoms with van der Waals surface area (Å²) in [5.74, 6) is 0.542. The molecule has 0 aliphatic carbocycles. The van der Waals surface area contributed by atoms with Gasteiger partial charge >= 0.3 is 0 Å². The highest BCUT2D eigenvalue weighted by atomic mass is 32.2. The zero-order valence-electron chi connectivity index (χ0n) is 14.5. The molecule has 6 nitrogen and oxygen atoms in total. The number of thioether (sulfide) groups is 1. The molecule has 1 aromatic heterocycles. The zero-order valence-corrected chi connectivity index (χ0v) is 15.3. The van der Waals surface area contributed by atoms with E-state index < -0.39 is 0 Å². The molecular formula is C19H19N3O3S. The first kappa shape index (κ1) is 18.0. The van der Waals surface area contributed by atoms with Crippen molar-refractivity contribution >= 4 is 34.3 Å². The van der Waals surface area contributed by atoms with E-state index in [2.05, 4.69) is 15.3 Å². The second-order valence-electron chi connectivity index (χ2n) is 5.89. The first-order valence-electron chi connectivity index (χ1n) is 8.20. The molecular weight excluding hydrogens is 350 g/mol. The molecule has 0 bridgehead atoms. The van der Waals surface area contributed by atoms with Crippen LogP contribution in [0.2, 0.25) is 0 Å². The Labute approximate surface area is 155 Å². The van der Waals surface area contributed by atoms with Crippen LogP contribution < -0.4 is 15.6 Å². The fourth-order valence-electron chi connectivity index (χ4n) is 2.38. The van der Waals surface area contributed by atoms with Gasteiger partial charge in [-0.15, -0.1) is 0 Å². The number of hydrogen-bond donors (Lipinski definition) is 2. The number of nitrogens with one attached hydrogen (secondary N) is 2. The van der Waals surface area contributed by atoms with E-state index in [-0.39, 0.29) is 23.3 Å². The Morgan fingerprint density at radius 3 is 2.73 bits per heavy atom. The van der Waals surface area contributed by atoms with Crippen LogP contribution in [0.25, 0.3) is 10.9 Å². The van der Waals surface area contributed by atoms with Crippen molar-refractivity contribution in [2.24, 2.45) is 0 Å². The molecule has 3 aromatic rings. The van der Waals surface area contributed by atoms with Crippen LogP contribution in [-0.4, -0.2) is 27.7 Å². The topological polar surface area (TPSA) is 84.1 Å². The zero-order chi connectivity index (χ0) is 18.5. The molecule has 134 valence electrons. The number of carbonyl (C=O) groups is 1. The van der Waals surface area contributed by atoms with Gasteiger partial charge in [0.25, 0.3) is 5.56 Å². The number of aromatic nitrogens is 2. The third-order valence-corrected chi connectivity index (χ3v) is 4.33. The van der Waals surface area contributed by atoms with Gasteiger partial charge in [-0.3, -0.25) is 9.59 Å². The van der Waals surface area contributed by atoms with Gasteiger partial charge < -0.3 is 15.0 Å². The highest BCUT2D eigenvalue weighted by Crippen LogP contribution is 2.25. The van der Waals surface area contributed by atoms with E-state index in [0.29, 0.717) is 27.5 Å². The first-order valence-corrected chi connectivity index (χ1v) is 9.19. The molecule has 1 amide bonds. The van der Waals surface area contributed by atoms with Crippen LogP contribution in [-0.2, 0) is 4.79 Å². The summed E-state index contributed by atoms with van der Waals surface area (Å²) in [5.41, 5.74) is 1.01. The van der Waals surface area contributed by atoms with Crippen LogP contribution in [0, 0.1) is 0 Å². The van der Waals surface area contributed by atoms with Crippen LogP contribution in [0.1, 0.15) is 13.8 Å². The van der Waals surface area contributed by atoms with Gasteiger partial charge in [0.05, 0.1) is 28.4 Å². The van der Waals surface area contributed by atoms with E-state index in [1.807, 2.05) is 38.1 Å². The molecule has 7 heteroatoms. The number of aromatic amines is 1. The van der Waals surface area contributed by atoms with E-state index in [1.165, 1.54) is 11.8 Å². The SMILES string of the molecule is CC(C)Oc1ccccc1NC(=O)CSc1nc2ccccc2c(=O)[nH]1. The average molecular weight is 369 g/mol. The molecule has 0 saturated heterocycles. The van der Waals surface area contributed by atoms with Gasteiger partial charge in [-0.1, -0.05) is 36.0 Å². The standard InChI is InChI=1S/C19H19N3O3S/c1-12(2)25-16-10-6-5-9-15(16)20-17(23)11-26-19-21-14-8-4-3-7-13(14)18(24)22-19/h3-10,12H,11H2,1-2H3,(H,20,23)(H,21,22,24). The van der Waals surface area contributed by atoms with Crippen molar-refractivity contribution in [2.45, 2.75) is 25.1 Å². The monoisotopic (exact) mass is 369 g/mol. The van der Waals surface area contributed by atoms with Crippen LogP contribution in [0.3, 0.4) is 0 Å². The quantitative estimate of drug-likeness (QED) is 0.514. The summed E-state index contributed by atoms with van der Waals surface area (Å²) < 4.78 is 5.69. The Kier molecular flexibility index (Phi) is 5.58. The fourth-order valence-corrected chi connectivity index (χ4v) is 3.05. The number of amides is 1. The number of hydrogen-bond acceptors (Lipinski definition) is 5. The Morgan fingerprint density at radius 2 is 1.92 bits per heavy atom. The minimum absolute atomic E-state index is 0.00861. The molecule has 2 N–H and O–H groups in total. The summed E-state index contributed by atoms with van der Waals surface area (Å²) in [6.45, 7) is 3.85.